The van der Waals surface area contributed by atoms with E-state index in [0.717, 1.165) is 44.5 Å². The monoisotopic (exact) mass is 306 g/mol. The molecule has 1 aromatic carbocycles. The lowest BCUT2D eigenvalue weighted by Crippen LogP contribution is -2.31. The van der Waals surface area contributed by atoms with E-state index in [1.54, 1.807) is 18.3 Å². The van der Waals surface area contributed by atoms with Gasteiger partial charge in [-0.25, -0.2) is 13.8 Å². The Bertz CT molecular complexity index is 641. The highest BCUT2D eigenvalue weighted by Crippen LogP contribution is 2.23. The molecule has 1 fully saturated rings. The zero-order valence-electron chi connectivity index (χ0n) is 12.7. The summed E-state index contributed by atoms with van der Waals surface area (Å²) in [5.74, 6) is -0.517. The summed E-state index contributed by atoms with van der Waals surface area (Å²) in [6, 6.07) is 4.36. The normalized spacial score (nSPS) is 16.8. The molecule has 0 saturated carbocycles. The maximum absolute atomic E-state index is 13.9. The molecule has 1 aliphatic rings. The van der Waals surface area contributed by atoms with Gasteiger partial charge in [-0.1, -0.05) is 6.07 Å². The Hall–Kier alpha value is -1.95. The van der Waals surface area contributed by atoms with Crippen LogP contribution in [0, 0.1) is 11.6 Å². The molecule has 0 N–H and O–H groups in total. The van der Waals surface area contributed by atoms with Crippen molar-refractivity contribution < 1.29 is 8.78 Å². The summed E-state index contributed by atoms with van der Waals surface area (Å²) in [4.78, 5) is 8.57. The third-order valence-corrected chi connectivity index (χ3v) is 4.15. The topological polar surface area (TPSA) is 24.3 Å². The van der Waals surface area contributed by atoms with Crippen LogP contribution in [0.1, 0.15) is 12.2 Å². The number of aromatic nitrogens is 2. The number of anilines is 1. The largest absolute Gasteiger partial charge is 0.368 e. The average Bonchev–Trinajstić information content (AvgIpc) is 2.77. The molecule has 4 nitrogen and oxygen atoms in total. The summed E-state index contributed by atoms with van der Waals surface area (Å²) in [5.41, 5.74) is 0.360. The lowest BCUT2D eigenvalue weighted by molar-refractivity contribution is 0.275. The molecule has 0 amide bonds. The highest BCUT2D eigenvalue weighted by molar-refractivity contribution is 5.48. The van der Waals surface area contributed by atoms with Crippen molar-refractivity contribution in [1.82, 2.24) is 14.5 Å². The molecule has 22 heavy (non-hydrogen) atoms. The maximum Gasteiger partial charge on any atom is 0.182 e. The number of hydrogen-bond donors (Lipinski definition) is 0. The Labute approximate surface area is 129 Å². The van der Waals surface area contributed by atoms with Crippen molar-refractivity contribution in [1.29, 1.82) is 0 Å². The Morgan fingerprint density at radius 2 is 2.00 bits per heavy atom. The standard InChI is InChI=1S/C16H20F2N4/c1-20-9-6-19-15(20)12-21-7-3-8-22(11-10-21)14-5-2-4-13(17)16(14)18/h2,4-6,9H,3,7-8,10-12H2,1H3. The molecular formula is C16H20F2N4. The van der Waals surface area contributed by atoms with Crippen molar-refractivity contribution >= 4 is 5.69 Å². The van der Waals surface area contributed by atoms with Gasteiger partial charge < -0.3 is 9.47 Å². The second kappa shape index (κ2) is 6.44. The van der Waals surface area contributed by atoms with Gasteiger partial charge in [0.25, 0.3) is 0 Å². The molecule has 1 aromatic heterocycles. The van der Waals surface area contributed by atoms with Crippen LogP contribution in [0.4, 0.5) is 14.5 Å². The Morgan fingerprint density at radius 3 is 2.77 bits per heavy atom. The smallest absolute Gasteiger partial charge is 0.182 e. The van der Waals surface area contributed by atoms with Gasteiger partial charge in [-0.2, -0.15) is 0 Å². The maximum atomic E-state index is 13.9. The van der Waals surface area contributed by atoms with Gasteiger partial charge in [0.05, 0.1) is 12.2 Å². The van der Waals surface area contributed by atoms with Crippen LogP contribution >= 0.6 is 0 Å². The van der Waals surface area contributed by atoms with Crippen LogP contribution in [-0.2, 0) is 13.6 Å². The van der Waals surface area contributed by atoms with Crippen molar-refractivity contribution in [3.05, 3.63) is 48.1 Å². The van der Waals surface area contributed by atoms with E-state index in [1.807, 2.05) is 22.7 Å². The second-order valence-corrected chi connectivity index (χ2v) is 5.64. The van der Waals surface area contributed by atoms with Crippen LogP contribution in [0.25, 0.3) is 0 Å². The fraction of sp³-hybridized carbons (Fsp3) is 0.438. The minimum atomic E-state index is -0.786. The highest BCUT2D eigenvalue weighted by Gasteiger charge is 2.19. The van der Waals surface area contributed by atoms with Gasteiger partial charge in [-0.15, -0.1) is 0 Å². The number of benzene rings is 1. The average molecular weight is 306 g/mol. The first kappa shape index (κ1) is 15.0. The summed E-state index contributed by atoms with van der Waals surface area (Å²) in [6.45, 7) is 3.94. The molecule has 0 unspecified atom stereocenters. The molecule has 0 radical (unpaired) electrons. The summed E-state index contributed by atoms with van der Waals surface area (Å²) in [7, 11) is 1.98. The molecule has 118 valence electrons. The molecule has 0 aliphatic carbocycles. The molecule has 0 bridgehead atoms. The first-order valence-electron chi connectivity index (χ1n) is 7.52. The molecule has 1 aliphatic heterocycles. The summed E-state index contributed by atoms with van der Waals surface area (Å²) >= 11 is 0. The Morgan fingerprint density at radius 1 is 1.14 bits per heavy atom. The first-order valence-corrected chi connectivity index (χ1v) is 7.52. The van der Waals surface area contributed by atoms with Gasteiger partial charge >= 0.3 is 0 Å². The SMILES string of the molecule is Cn1ccnc1CN1CCCN(c2cccc(F)c2F)CC1. The van der Waals surface area contributed by atoms with Crippen molar-refractivity contribution in [3.63, 3.8) is 0 Å². The van der Waals surface area contributed by atoms with Gasteiger partial charge in [-0.05, 0) is 18.6 Å². The van der Waals surface area contributed by atoms with Gasteiger partial charge in [0.1, 0.15) is 5.82 Å². The number of rotatable bonds is 3. The molecule has 2 aromatic rings. The van der Waals surface area contributed by atoms with Crippen molar-refractivity contribution in [2.24, 2.45) is 7.05 Å². The molecule has 1 saturated heterocycles. The van der Waals surface area contributed by atoms with Gasteiger partial charge in [-0.3, -0.25) is 4.90 Å². The van der Waals surface area contributed by atoms with Crippen LogP contribution in [0.3, 0.4) is 0 Å². The summed E-state index contributed by atoms with van der Waals surface area (Å²) in [6.07, 6.45) is 4.64. The van der Waals surface area contributed by atoms with E-state index in [1.165, 1.54) is 0 Å². The van der Waals surface area contributed by atoms with E-state index in [9.17, 15) is 8.78 Å². The summed E-state index contributed by atoms with van der Waals surface area (Å²) < 4.78 is 29.3. The van der Waals surface area contributed by atoms with Gasteiger partial charge in [0.2, 0.25) is 0 Å². The second-order valence-electron chi connectivity index (χ2n) is 5.64. The van der Waals surface area contributed by atoms with Crippen LogP contribution in [0.2, 0.25) is 0 Å². The minimum absolute atomic E-state index is 0.360. The van der Waals surface area contributed by atoms with Gasteiger partial charge in [0.15, 0.2) is 11.6 Å². The van der Waals surface area contributed by atoms with E-state index < -0.39 is 11.6 Å². The van der Waals surface area contributed by atoms with E-state index in [2.05, 4.69) is 9.88 Å². The fourth-order valence-electron chi connectivity index (χ4n) is 2.86. The van der Waals surface area contributed by atoms with Crippen LogP contribution in [-0.4, -0.2) is 40.6 Å². The Kier molecular flexibility index (Phi) is 4.38. The van der Waals surface area contributed by atoms with Crippen molar-refractivity contribution in [2.75, 3.05) is 31.1 Å². The molecule has 3 rings (SSSR count). The third-order valence-electron chi connectivity index (χ3n) is 4.15. The van der Waals surface area contributed by atoms with Crippen LogP contribution in [0.5, 0.6) is 0 Å². The Balaban J connectivity index is 1.67. The predicted octanol–water partition coefficient (Wildman–Crippen LogP) is 2.41. The van der Waals surface area contributed by atoms with Crippen LogP contribution < -0.4 is 4.90 Å². The lowest BCUT2D eigenvalue weighted by atomic mass is 10.2. The molecule has 2 heterocycles. The van der Waals surface area contributed by atoms with Gasteiger partial charge in [0, 0.05) is 45.6 Å². The number of hydrogen-bond acceptors (Lipinski definition) is 3. The predicted molar refractivity (Wildman–Crippen MR) is 81.7 cm³/mol. The van der Waals surface area contributed by atoms with E-state index >= 15 is 0 Å². The third kappa shape index (κ3) is 3.11. The molecule has 0 atom stereocenters. The number of halogens is 2. The fourth-order valence-corrected chi connectivity index (χ4v) is 2.86. The quantitative estimate of drug-likeness (QED) is 0.870. The zero-order valence-corrected chi connectivity index (χ0v) is 12.7. The number of nitrogens with zero attached hydrogens (tertiary/aromatic N) is 4. The van der Waals surface area contributed by atoms with Crippen LogP contribution in [0.15, 0.2) is 30.6 Å². The minimum Gasteiger partial charge on any atom is -0.368 e. The number of imidazole rings is 1. The lowest BCUT2D eigenvalue weighted by Gasteiger charge is -2.24. The first-order chi connectivity index (χ1) is 10.6. The summed E-state index contributed by atoms with van der Waals surface area (Å²) in [5, 5.41) is 0. The van der Waals surface area contributed by atoms with E-state index in [-0.39, 0.29) is 0 Å². The number of aryl methyl sites for hydroxylation is 1. The molecular weight excluding hydrogens is 286 g/mol. The zero-order chi connectivity index (χ0) is 15.5. The molecule has 6 heteroatoms. The van der Waals surface area contributed by atoms with E-state index in [4.69, 9.17) is 0 Å². The van der Waals surface area contributed by atoms with Crippen molar-refractivity contribution in [2.45, 2.75) is 13.0 Å². The van der Waals surface area contributed by atoms with Crippen molar-refractivity contribution in [3.8, 4) is 0 Å². The highest BCUT2D eigenvalue weighted by atomic mass is 19.2. The van der Waals surface area contributed by atoms with E-state index in [0.29, 0.717) is 12.2 Å². The molecule has 0 spiro atoms.